The molecule has 7 nitrogen and oxygen atoms in total. The second-order valence-electron chi connectivity index (χ2n) is 12.0. The first-order valence-electron chi connectivity index (χ1n) is 15.3. The highest BCUT2D eigenvalue weighted by Gasteiger charge is 2.36. The van der Waals surface area contributed by atoms with Crippen molar-refractivity contribution < 1.29 is 19.1 Å². The molecule has 7 heteroatoms. The smallest absolute Gasteiger partial charge is 0.408 e. The van der Waals surface area contributed by atoms with Crippen molar-refractivity contribution in [1.29, 1.82) is 0 Å². The van der Waals surface area contributed by atoms with E-state index < -0.39 is 23.8 Å². The Kier molecular flexibility index (Phi) is 12.8. The molecule has 0 fully saturated rings. The third kappa shape index (κ3) is 11.2. The summed E-state index contributed by atoms with van der Waals surface area (Å²) in [7, 11) is 0. The molecular weight excluding hydrogens is 538 g/mol. The zero-order valence-corrected chi connectivity index (χ0v) is 26.3. The fourth-order valence-corrected chi connectivity index (χ4v) is 4.97. The van der Waals surface area contributed by atoms with Crippen molar-refractivity contribution in [3.8, 4) is 0 Å². The van der Waals surface area contributed by atoms with Gasteiger partial charge in [0.25, 0.3) is 0 Å². The van der Waals surface area contributed by atoms with E-state index in [0.717, 1.165) is 47.9 Å². The van der Waals surface area contributed by atoms with E-state index in [9.17, 15) is 14.4 Å². The largest absolute Gasteiger partial charge is 0.444 e. The zero-order valence-electron chi connectivity index (χ0n) is 26.3. The van der Waals surface area contributed by atoms with Gasteiger partial charge in [-0.1, -0.05) is 117 Å². The Labute approximate surface area is 257 Å². The van der Waals surface area contributed by atoms with Gasteiger partial charge in [0.15, 0.2) is 0 Å². The van der Waals surface area contributed by atoms with E-state index in [1.54, 1.807) is 25.7 Å². The summed E-state index contributed by atoms with van der Waals surface area (Å²) in [4.78, 5) is 43.2. The number of unbranched alkanes of at least 4 members (excludes halogenated alkanes) is 3. The van der Waals surface area contributed by atoms with Crippen molar-refractivity contribution in [2.75, 3.05) is 6.54 Å². The van der Waals surface area contributed by atoms with Gasteiger partial charge in [-0.25, -0.2) is 4.79 Å². The lowest BCUT2D eigenvalue weighted by atomic mass is 9.98. The lowest BCUT2D eigenvalue weighted by molar-refractivity contribution is -0.142. The van der Waals surface area contributed by atoms with Crippen LogP contribution in [0.3, 0.4) is 0 Å². The summed E-state index contributed by atoms with van der Waals surface area (Å²) in [6.45, 7) is 10.2. The molecule has 3 aromatic rings. The summed E-state index contributed by atoms with van der Waals surface area (Å²) < 4.78 is 5.54. The van der Waals surface area contributed by atoms with E-state index in [0.29, 0.717) is 13.1 Å². The number of carbonyl (C=O) groups excluding carboxylic acids is 3. The van der Waals surface area contributed by atoms with Crippen LogP contribution >= 0.6 is 0 Å². The van der Waals surface area contributed by atoms with E-state index in [4.69, 9.17) is 4.74 Å². The van der Waals surface area contributed by atoms with Gasteiger partial charge in [-0.3, -0.25) is 9.59 Å². The maximum atomic E-state index is 14.6. The third-order valence-electron chi connectivity index (χ3n) is 7.03. The van der Waals surface area contributed by atoms with Crippen LogP contribution in [0.25, 0.3) is 0 Å². The van der Waals surface area contributed by atoms with Gasteiger partial charge in [-0.05, 0) is 50.8 Å². The molecule has 43 heavy (non-hydrogen) atoms. The van der Waals surface area contributed by atoms with Gasteiger partial charge in [0.1, 0.15) is 17.7 Å². The van der Waals surface area contributed by atoms with E-state index >= 15 is 0 Å². The number of ether oxygens (including phenoxy) is 1. The highest BCUT2D eigenvalue weighted by molar-refractivity contribution is 5.92. The number of nitrogens with one attached hydrogen (secondary N) is 2. The van der Waals surface area contributed by atoms with Crippen LogP contribution in [0.1, 0.15) is 81.7 Å². The molecule has 0 bridgehead atoms. The average Bonchev–Trinajstić information content (AvgIpc) is 2.97. The Morgan fingerprint density at radius 3 is 2.09 bits per heavy atom. The highest BCUT2D eigenvalue weighted by atomic mass is 16.6. The summed E-state index contributed by atoms with van der Waals surface area (Å²) in [6.07, 6.45) is 3.32. The quantitative estimate of drug-likeness (QED) is 0.202. The van der Waals surface area contributed by atoms with Gasteiger partial charge in [0, 0.05) is 19.5 Å². The van der Waals surface area contributed by atoms with Gasteiger partial charge in [-0.2, -0.15) is 0 Å². The number of alkyl carbamates (subject to hydrolysis) is 1. The Balaban J connectivity index is 2.01. The molecule has 3 amide bonds. The molecule has 0 aromatic heterocycles. The lowest BCUT2D eigenvalue weighted by Crippen LogP contribution is -2.54. The van der Waals surface area contributed by atoms with Crippen LogP contribution in [-0.2, 0) is 27.3 Å². The maximum Gasteiger partial charge on any atom is 0.408 e. The molecule has 3 rings (SSSR count). The summed E-state index contributed by atoms with van der Waals surface area (Å²) in [5, 5.41) is 5.90. The Morgan fingerprint density at radius 2 is 1.49 bits per heavy atom. The fourth-order valence-electron chi connectivity index (χ4n) is 4.97. The third-order valence-corrected chi connectivity index (χ3v) is 7.03. The molecule has 0 saturated carbocycles. The molecule has 0 spiro atoms. The molecule has 3 aromatic carbocycles. The predicted octanol–water partition coefficient (Wildman–Crippen LogP) is 6.90. The van der Waals surface area contributed by atoms with Crippen LogP contribution in [0.4, 0.5) is 4.79 Å². The second-order valence-corrected chi connectivity index (χ2v) is 12.0. The van der Waals surface area contributed by atoms with Gasteiger partial charge in [0.05, 0.1) is 0 Å². The summed E-state index contributed by atoms with van der Waals surface area (Å²) in [5.41, 5.74) is 2.84. The van der Waals surface area contributed by atoms with Crippen LogP contribution in [0.5, 0.6) is 0 Å². The monoisotopic (exact) mass is 585 g/mol. The highest BCUT2D eigenvalue weighted by Crippen LogP contribution is 2.25. The minimum absolute atomic E-state index is 0.260. The molecule has 2 unspecified atom stereocenters. The van der Waals surface area contributed by atoms with Crippen molar-refractivity contribution in [2.24, 2.45) is 0 Å². The first-order valence-corrected chi connectivity index (χ1v) is 15.3. The average molecular weight is 586 g/mol. The molecule has 0 saturated heterocycles. The fraction of sp³-hybridized carbons (Fsp3) is 0.417. The number of benzene rings is 3. The number of hydrogen-bond donors (Lipinski definition) is 2. The number of hydrogen-bond acceptors (Lipinski definition) is 4. The number of rotatable bonds is 14. The Hall–Kier alpha value is -4.13. The minimum atomic E-state index is -0.933. The normalized spacial score (nSPS) is 12.6. The lowest BCUT2D eigenvalue weighted by Gasteiger charge is -2.35. The number of carbonyl (C=O) groups is 3. The van der Waals surface area contributed by atoms with Crippen molar-refractivity contribution in [3.63, 3.8) is 0 Å². The van der Waals surface area contributed by atoms with E-state index in [-0.39, 0.29) is 18.2 Å². The van der Waals surface area contributed by atoms with Crippen LogP contribution in [-0.4, -0.2) is 41.0 Å². The molecule has 230 valence electrons. The van der Waals surface area contributed by atoms with Gasteiger partial charge < -0.3 is 20.3 Å². The number of nitrogens with zero attached hydrogens (tertiary/aromatic N) is 1. The van der Waals surface area contributed by atoms with Crippen LogP contribution in [0.15, 0.2) is 84.9 Å². The Morgan fingerprint density at radius 1 is 0.837 bits per heavy atom. The molecule has 0 aliphatic rings. The van der Waals surface area contributed by atoms with Gasteiger partial charge >= 0.3 is 6.09 Å². The minimum Gasteiger partial charge on any atom is -0.444 e. The number of amides is 3. The van der Waals surface area contributed by atoms with E-state index in [1.165, 1.54) is 0 Å². The molecular formula is C36H47N3O4. The van der Waals surface area contributed by atoms with E-state index in [1.807, 2.05) is 91.9 Å². The SMILES string of the molecule is CCCCCCN(C(=O)C(Cc1ccccc1)NC(=O)OC(C)(C)C)C(C(=O)NCc1ccccc1)c1cccc(C)c1. The molecule has 0 aliphatic carbocycles. The van der Waals surface area contributed by atoms with Gasteiger partial charge in [-0.15, -0.1) is 0 Å². The van der Waals surface area contributed by atoms with Crippen molar-refractivity contribution >= 4 is 17.9 Å². The zero-order chi connectivity index (χ0) is 31.2. The topological polar surface area (TPSA) is 87.7 Å². The second kappa shape index (κ2) is 16.5. The van der Waals surface area contributed by atoms with Crippen LogP contribution < -0.4 is 10.6 Å². The molecule has 0 heterocycles. The molecule has 0 radical (unpaired) electrons. The summed E-state index contributed by atoms with van der Waals surface area (Å²) in [5.74, 6) is -0.596. The molecule has 0 aliphatic heterocycles. The van der Waals surface area contributed by atoms with Gasteiger partial charge in [0.2, 0.25) is 11.8 Å². The van der Waals surface area contributed by atoms with Crippen molar-refractivity contribution in [1.82, 2.24) is 15.5 Å². The first-order chi connectivity index (χ1) is 20.6. The first kappa shape index (κ1) is 33.4. The van der Waals surface area contributed by atoms with E-state index in [2.05, 4.69) is 17.6 Å². The molecule has 2 atom stereocenters. The predicted molar refractivity (Wildman–Crippen MR) is 171 cm³/mol. The Bertz CT molecular complexity index is 1300. The summed E-state index contributed by atoms with van der Waals surface area (Å²) >= 11 is 0. The summed E-state index contributed by atoms with van der Waals surface area (Å²) in [6, 6.07) is 25.2. The van der Waals surface area contributed by atoms with Crippen molar-refractivity contribution in [3.05, 3.63) is 107 Å². The number of aryl methyl sites for hydroxylation is 1. The standard InChI is InChI=1S/C36H47N3O4/c1-6-7-8-15-23-39(34(41)31(25-28-18-11-9-12-19-28)38-35(42)43-36(3,4)5)32(30-22-16-17-27(2)24-30)33(40)37-26-29-20-13-10-14-21-29/h9-14,16-22,24,31-32H,6-8,15,23,25-26H2,1-5H3,(H,37,40)(H,38,42). The van der Waals surface area contributed by atoms with Crippen LogP contribution in [0.2, 0.25) is 0 Å². The van der Waals surface area contributed by atoms with Crippen molar-refractivity contribution in [2.45, 2.75) is 91.0 Å². The molecule has 2 N–H and O–H groups in total. The maximum absolute atomic E-state index is 14.6. The van der Waals surface area contributed by atoms with Crippen LogP contribution in [0, 0.1) is 6.92 Å².